The van der Waals surface area contributed by atoms with E-state index in [-0.39, 0.29) is 11.6 Å². The molecule has 0 atom stereocenters. The normalized spacial score (nSPS) is 10.9. The average molecular weight is 423 g/mol. The molecule has 10 heteroatoms. The van der Waals surface area contributed by atoms with Crippen LogP contribution in [-0.4, -0.2) is 30.0 Å². The van der Waals surface area contributed by atoms with Crippen molar-refractivity contribution >= 4 is 52.3 Å². The number of carbonyl (C=O) groups is 3. The van der Waals surface area contributed by atoms with Crippen LogP contribution in [0.3, 0.4) is 0 Å². The maximum Gasteiger partial charge on any atom is 0.329 e. The van der Waals surface area contributed by atoms with Crippen molar-refractivity contribution in [2.45, 2.75) is 6.92 Å². The topological polar surface area (TPSA) is 123 Å². The molecule has 0 unspecified atom stereocenters. The van der Waals surface area contributed by atoms with E-state index in [1.54, 1.807) is 31.2 Å². The van der Waals surface area contributed by atoms with Gasteiger partial charge < -0.3 is 15.8 Å². The Hall–Kier alpha value is -3.10. The number of anilines is 1. The third-order valence-electron chi connectivity index (χ3n) is 3.36. The predicted octanol–water partition coefficient (Wildman–Crippen LogP) is 2.34. The molecule has 0 aliphatic heterocycles. The van der Waals surface area contributed by atoms with Gasteiger partial charge in [-0.3, -0.25) is 14.4 Å². The fourth-order valence-corrected chi connectivity index (χ4v) is 2.26. The first-order valence-corrected chi connectivity index (χ1v) is 8.64. The van der Waals surface area contributed by atoms with E-state index in [1.807, 2.05) is 0 Å². The van der Waals surface area contributed by atoms with Crippen molar-refractivity contribution in [3.05, 3.63) is 58.1 Å². The summed E-state index contributed by atoms with van der Waals surface area (Å²) < 4.78 is 5.15. The number of amides is 3. The minimum atomic E-state index is -0.952. The number of hydrogen-bond acceptors (Lipinski definition) is 5. The summed E-state index contributed by atoms with van der Waals surface area (Å²) in [5.41, 5.74) is 8.63. The number of nitrogens with one attached hydrogen (secondary N) is 2. The first-order chi connectivity index (χ1) is 13.3. The molecule has 146 valence electrons. The Bertz CT molecular complexity index is 930. The highest BCUT2D eigenvalue weighted by molar-refractivity contribution is 6.43. The van der Waals surface area contributed by atoms with Crippen LogP contribution in [-0.2, 0) is 14.4 Å². The minimum Gasteiger partial charge on any atom is -0.484 e. The highest BCUT2D eigenvalue weighted by Crippen LogP contribution is 2.24. The first kappa shape index (κ1) is 21.2. The van der Waals surface area contributed by atoms with E-state index in [9.17, 15) is 14.4 Å². The van der Waals surface area contributed by atoms with E-state index >= 15 is 0 Å². The summed E-state index contributed by atoms with van der Waals surface area (Å²) in [5, 5.41) is 6.85. The van der Waals surface area contributed by atoms with Crippen molar-refractivity contribution in [2.75, 3.05) is 11.9 Å². The molecule has 2 aromatic rings. The van der Waals surface area contributed by atoms with Crippen LogP contribution in [0, 0.1) is 0 Å². The molecule has 0 radical (unpaired) electrons. The van der Waals surface area contributed by atoms with E-state index in [4.69, 9.17) is 33.7 Å². The number of hydrazone groups is 1. The molecule has 0 aliphatic carbocycles. The molecule has 0 saturated heterocycles. The van der Waals surface area contributed by atoms with Crippen molar-refractivity contribution in [1.29, 1.82) is 0 Å². The van der Waals surface area contributed by atoms with Gasteiger partial charge in [-0.15, -0.1) is 0 Å². The predicted molar refractivity (Wildman–Crippen MR) is 107 cm³/mol. The SMILES string of the molecule is CC(=NNC(=O)C(=O)Nc1ccc(Cl)c(Cl)c1)c1ccc(OCC(N)=O)cc1. The van der Waals surface area contributed by atoms with E-state index < -0.39 is 17.7 Å². The minimum absolute atomic E-state index is 0.226. The van der Waals surface area contributed by atoms with Gasteiger partial charge in [0.2, 0.25) is 0 Å². The lowest BCUT2D eigenvalue weighted by molar-refractivity contribution is -0.136. The van der Waals surface area contributed by atoms with Crippen LogP contribution in [0.5, 0.6) is 5.75 Å². The standard InChI is InChI=1S/C18H16Cl2N4O4/c1-10(11-2-5-13(6-3-11)28-9-16(21)25)23-24-18(27)17(26)22-12-4-7-14(19)15(20)8-12/h2-8H,9H2,1H3,(H2,21,25)(H,22,26)(H,24,27). The fraction of sp³-hybridized carbons (Fsp3) is 0.111. The highest BCUT2D eigenvalue weighted by Gasteiger charge is 2.14. The Morgan fingerprint density at radius 2 is 1.71 bits per heavy atom. The molecule has 0 fully saturated rings. The Kier molecular flexibility index (Phi) is 7.36. The number of carbonyl (C=O) groups excluding carboxylic acids is 3. The number of ether oxygens (including phenoxy) is 1. The van der Waals surface area contributed by atoms with Gasteiger partial charge in [0, 0.05) is 5.69 Å². The molecule has 0 aromatic heterocycles. The summed E-state index contributed by atoms with van der Waals surface area (Å²) >= 11 is 11.6. The Balaban J connectivity index is 1.93. The van der Waals surface area contributed by atoms with Gasteiger partial charge in [-0.25, -0.2) is 5.43 Å². The molecular weight excluding hydrogens is 407 g/mol. The third kappa shape index (κ3) is 6.26. The average Bonchev–Trinajstić information content (AvgIpc) is 2.67. The second kappa shape index (κ2) is 9.72. The molecule has 3 amide bonds. The molecule has 8 nitrogen and oxygen atoms in total. The van der Waals surface area contributed by atoms with Crippen molar-refractivity contribution in [3.63, 3.8) is 0 Å². The summed E-state index contributed by atoms with van der Waals surface area (Å²) in [6.45, 7) is 1.42. The van der Waals surface area contributed by atoms with E-state index in [1.165, 1.54) is 18.2 Å². The van der Waals surface area contributed by atoms with Gasteiger partial charge in [0.25, 0.3) is 5.91 Å². The molecule has 0 saturated carbocycles. The van der Waals surface area contributed by atoms with Crippen LogP contribution in [0.15, 0.2) is 47.6 Å². The zero-order valence-corrected chi connectivity index (χ0v) is 16.2. The lowest BCUT2D eigenvalue weighted by atomic mass is 10.1. The second-order valence-electron chi connectivity index (χ2n) is 5.50. The van der Waals surface area contributed by atoms with Gasteiger partial charge in [-0.1, -0.05) is 23.2 Å². The molecule has 4 N–H and O–H groups in total. The van der Waals surface area contributed by atoms with Crippen LogP contribution in [0.4, 0.5) is 5.69 Å². The number of halogens is 2. The quantitative estimate of drug-likeness (QED) is 0.375. The largest absolute Gasteiger partial charge is 0.484 e. The van der Waals surface area contributed by atoms with Crippen LogP contribution >= 0.6 is 23.2 Å². The molecule has 0 bridgehead atoms. The van der Waals surface area contributed by atoms with Crippen molar-refractivity contribution in [3.8, 4) is 5.75 Å². The first-order valence-electron chi connectivity index (χ1n) is 7.88. The number of hydrogen-bond donors (Lipinski definition) is 3. The molecule has 0 spiro atoms. The summed E-state index contributed by atoms with van der Waals surface area (Å²) in [5.74, 6) is -1.99. The van der Waals surface area contributed by atoms with Gasteiger partial charge >= 0.3 is 11.8 Å². The summed E-state index contributed by atoms with van der Waals surface area (Å²) in [4.78, 5) is 34.5. The lowest BCUT2D eigenvalue weighted by Gasteiger charge is -2.07. The summed E-state index contributed by atoms with van der Waals surface area (Å²) in [6.07, 6.45) is 0. The van der Waals surface area contributed by atoms with E-state index in [0.717, 1.165) is 0 Å². The molecule has 2 aromatic carbocycles. The lowest BCUT2D eigenvalue weighted by Crippen LogP contribution is -2.32. The zero-order valence-electron chi connectivity index (χ0n) is 14.7. The zero-order chi connectivity index (χ0) is 20.7. The third-order valence-corrected chi connectivity index (χ3v) is 4.10. The molecule has 0 aliphatic rings. The van der Waals surface area contributed by atoms with Gasteiger partial charge in [0.05, 0.1) is 15.8 Å². The Morgan fingerprint density at radius 1 is 1.04 bits per heavy atom. The number of rotatable bonds is 6. The smallest absolute Gasteiger partial charge is 0.329 e. The maximum atomic E-state index is 11.9. The van der Waals surface area contributed by atoms with Crippen LogP contribution < -0.4 is 21.2 Å². The Labute approximate surface area is 170 Å². The van der Waals surface area contributed by atoms with Crippen molar-refractivity contribution < 1.29 is 19.1 Å². The highest BCUT2D eigenvalue weighted by atomic mass is 35.5. The second-order valence-corrected chi connectivity index (χ2v) is 6.31. The van der Waals surface area contributed by atoms with Crippen LogP contribution in [0.25, 0.3) is 0 Å². The van der Waals surface area contributed by atoms with Crippen LogP contribution in [0.2, 0.25) is 10.0 Å². The van der Waals surface area contributed by atoms with E-state index in [2.05, 4.69) is 15.8 Å². The maximum absolute atomic E-state index is 11.9. The number of benzene rings is 2. The summed E-state index contributed by atoms with van der Waals surface area (Å²) in [7, 11) is 0. The van der Waals surface area contributed by atoms with Gasteiger partial charge in [0.1, 0.15) is 5.75 Å². The van der Waals surface area contributed by atoms with Gasteiger partial charge in [0.15, 0.2) is 6.61 Å². The Morgan fingerprint density at radius 3 is 2.32 bits per heavy atom. The van der Waals surface area contributed by atoms with Crippen molar-refractivity contribution in [2.24, 2.45) is 10.8 Å². The molecule has 2 rings (SSSR count). The van der Waals surface area contributed by atoms with Crippen LogP contribution in [0.1, 0.15) is 12.5 Å². The number of nitrogens with two attached hydrogens (primary N) is 1. The summed E-state index contributed by atoms with van der Waals surface area (Å²) in [6, 6.07) is 11.0. The number of nitrogens with zero attached hydrogens (tertiary/aromatic N) is 1. The number of primary amides is 1. The van der Waals surface area contributed by atoms with Gasteiger partial charge in [-0.2, -0.15) is 5.10 Å². The molecule has 28 heavy (non-hydrogen) atoms. The van der Waals surface area contributed by atoms with Crippen molar-refractivity contribution in [1.82, 2.24) is 5.43 Å². The monoisotopic (exact) mass is 422 g/mol. The fourth-order valence-electron chi connectivity index (χ4n) is 1.96. The van der Waals surface area contributed by atoms with E-state index in [0.29, 0.717) is 27.7 Å². The molecule has 0 heterocycles. The van der Waals surface area contributed by atoms with Gasteiger partial charge in [-0.05, 0) is 55.0 Å². The molecular formula is C18H16Cl2N4O4.